The number of methoxy groups -OCH3 is 1. The lowest BCUT2D eigenvalue weighted by Gasteiger charge is -2.56. The average molecular weight is 440 g/mol. The number of nitrogens with one attached hydrogen (secondary N) is 1. The first kappa shape index (κ1) is 20.5. The lowest BCUT2D eigenvalue weighted by Crippen LogP contribution is -2.68. The zero-order valence-corrected chi connectivity index (χ0v) is 18.8. The number of benzene rings is 1. The molecule has 2 saturated heterocycles. The van der Waals surface area contributed by atoms with Gasteiger partial charge in [-0.2, -0.15) is 0 Å². The second-order valence-electron chi connectivity index (χ2n) is 10.3. The highest BCUT2D eigenvalue weighted by Crippen LogP contribution is 2.50. The van der Waals surface area contributed by atoms with Crippen molar-refractivity contribution < 1.29 is 19.4 Å². The highest BCUT2D eigenvalue weighted by molar-refractivity contribution is 5.89. The summed E-state index contributed by atoms with van der Waals surface area (Å²) in [5, 5.41) is 11.7. The highest BCUT2D eigenvalue weighted by Gasteiger charge is 2.55. The Morgan fingerprint density at radius 2 is 2.00 bits per heavy atom. The van der Waals surface area contributed by atoms with Crippen LogP contribution in [0.3, 0.4) is 0 Å². The summed E-state index contributed by atoms with van der Waals surface area (Å²) in [6.45, 7) is 5.14. The van der Waals surface area contributed by atoms with Crippen LogP contribution in [-0.2, 0) is 14.9 Å². The van der Waals surface area contributed by atoms with Crippen LogP contribution in [0.4, 0.5) is 0 Å². The molecule has 1 atom stereocenters. The van der Waals surface area contributed by atoms with Crippen LogP contribution < -0.4 is 4.74 Å². The van der Waals surface area contributed by atoms with E-state index in [1.807, 2.05) is 12.1 Å². The molecule has 32 heavy (non-hydrogen) atoms. The highest BCUT2D eigenvalue weighted by atomic mass is 16.5. The van der Waals surface area contributed by atoms with Crippen molar-refractivity contribution in [3.05, 3.63) is 29.5 Å². The number of amides is 1. The fourth-order valence-electron chi connectivity index (χ4n) is 6.25. The van der Waals surface area contributed by atoms with E-state index in [4.69, 9.17) is 9.47 Å². The number of rotatable bonds is 5. The monoisotopic (exact) mass is 439 g/mol. The fourth-order valence-corrected chi connectivity index (χ4v) is 6.25. The first-order valence-corrected chi connectivity index (χ1v) is 12.0. The molecule has 2 N–H and O–H groups in total. The Balaban J connectivity index is 1.38. The number of aromatic amines is 1. The molecule has 172 valence electrons. The van der Waals surface area contributed by atoms with Gasteiger partial charge in [0.05, 0.1) is 19.8 Å². The second-order valence-corrected chi connectivity index (χ2v) is 10.3. The van der Waals surface area contributed by atoms with Crippen molar-refractivity contribution in [3.63, 3.8) is 0 Å². The van der Waals surface area contributed by atoms with E-state index in [-0.39, 0.29) is 24.0 Å². The first-order chi connectivity index (χ1) is 15.6. The number of likely N-dealkylation sites (tertiary alicyclic amines) is 1. The number of aromatic nitrogens is 1. The third kappa shape index (κ3) is 3.25. The minimum Gasteiger partial charge on any atom is -0.497 e. The van der Waals surface area contributed by atoms with E-state index in [1.165, 1.54) is 10.9 Å². The molecule has 3 aliphatic heterocycles. The average Bonchev–Trinajstić information content (AvgIpc) is 3.57. The Hall–Kier alpha value is -2.09. The quantitative estimate of drug-likeness (QED) is 0.748. The number of hydrogen-bond donors (Lipinski definition) is 2. The Morgan fingerprint density at radius 1 is 1.22 bits per heavy atom. The van der Waals surface area contributed by atoms with Crippen molar-refractivity contribution in [1.82, 2.24) is 14.8 Å². The molecule has 1 aliphatic carbocycles. The van der Waals surface area contributed by atoms with E-state index in [9.17, 15) is 9.90 Å². The number of fused-ring (bicyclic) bond motifs is 4. The van der Waals surface area contributed by atoms with Crippen LogP contribution in [0.2, 0.25) is 0 Å². The summed E-state index contributed by atoms with van der Waals surface area (Å²) in [5.74, 6) is 2.00. The molecule has 4 aliphatic rings. The molecule has 2 aromatic rings. The van der Waals surface area contributed by atoms with Gasteiger partial charge in [0.2, 0.25) is 5.91 Å². The third-order valence-corrected chi connectivity index (χ3v) is 8.08. The number of carbonyl (C=O) groups is 1. The molecule has 7 heteroatoms. The SMILES string of the molecule is COc1ccc2c3c([nH]c2c1)[C@H](CO)N(CC1CCOCC1)CC31CN(C(=O)C2CC2)C1. The molecule has 0 unspecified atom stereocenters. The normalized spacial score (nSPS) is 25.7. The van der Waals surface area contributed by atoms with Gasteiger partial charge in [-0.15, -0.1) is 0 Å². The molecular formula is C25H33N3O4. The zero-order valence-electron chi connectivity index (χ0n) is 18.8. The predicted molar refractivity (Wildman–Crippen MR) is 121 cm³/mol. The molecule has 1 spiro atoms. The molecule has 1 amide bonds. The lowest BCUT2D eigenvalue weighted by molar-refractivity contribution is -0.142. The van der Waals surface area contributed by atoms with Crippen molar-refractivity contribution in [2.24, 2.45) is 11.8 Å². The summed E-state index contributed by atoms with van der Waals surface area (Å²) in [4.78, 5) is 21.0. The molecule has 7 nitrogen and oxygen atoms in total. The van der Waals surface area contributed by atoms with Crippen molar-refractivity contribution in [1.29, 1.82) is 0 Å². The van der Waals surface area contributed by atoms with Gasteiger partial charge in [0, 0.05) is 73.4 Å². The molecule has 1 aromatic carbocycles. The van der Waals surface area contributed by atoms with Crippen molar-refractivity contribution in [2.75, 3.05) is 53.1 Å². The fraction of sp³-hybridized carbons (Fsp3) is 0.640. The van der Waals surface area contributed by atoms with Gasteiger partial charge < -0.3 is 24.5 Å². The summed E-state index contributed by atoms with van der Waals surface area (Å²) in [6, 6.07) is 6.15. The summed E-state index contributed by atoms with van der Waals surface area (Å²) < 4.78 is 11.0. The van der Waals surface area contributed by atoms with E-state index >= 15 is 0 Å². The summed E-state index contributed by atoms with van der Waals surface area (Å²) in [5.41, 5.74) is 3.39. The van der Waals surface area contributed by atoms with Gasteiger partial charge in [-0.05, 0) is 49.3 Å². The number of hydrogen-bond acceptors (Lipinski definition) is 5. The zero-order chi connectivity index (χ0) is 21.9. The van der Waals surface area contributed by atoms with E-state index < -0.39 is 0 Å². The van der Waals surface area contributed by atoms with E-state index in [2.05, 4.69) is 20.9 Å². The summed E-state index contributed by atoms with van der Waals surface area (Å²) in [7, 11) is 1.69. The summed E-state index contributed by atoms with van der Waals surface area (Å²) in [6.07, 6.45) is 4.24. The Morgan fingerprint density at radius 3 is 2.69 bits per heavy atom. The van der Waals surface area contributed by atoms with Crippen molar-refractivity contribution in [2.45, 2.75) is 37.1 Å². The van der Waals surface area contributed by atoms with Crippen molar-refractivity contribution in [3.8, 4) is 5.75 Å². The van der Waals surface area contributed by atoms with Crippen molar-refractivity contribution >= 4 is 16.8 Å². The smallest absolute Gasteiger partial charge is 0.225 e. The largest absolute Gasteiger partial charge is 0.497 e. The molecule has 6 rings (SSSR count). The number of aliphatic hydroxyl groups excluding tert-OH is 1. The van der Waals surface area contributed by atoms with Gasteiger partial charge in [-0.25, -0.2) is 0 Å². The van der Waals surface area contributed by atoms with E-state index in [1.54, 1.807) is 7.11 Å². The maximum Gasteiger partial charge on any atom is 0.225 e. The topological polar surface area (TPSA) is 78.0 Å². The van der Waals surface area contributed by atoms with Crippen LogP contribution >= 0.6 is 0 Å². The van der Waals surface area contributed by atoms with Crippen LogP contribution in [0.5, 0.6) is 5.75 Å². The molecule has 0 bridgehead atoms. The van der Waals surface area contributed by atoms with Gasteiger partial charge in [0.1, 0.15) is 5.75 Å². The molecule has 0 radical (unpaired) electrons. The maximum atomic E-state index is 12.8. The molecule has 3 fully saturated rings. The minimum atomic E-state index is -0.0798. The maximum absolute atomic E-state index is 12.8. The van der Waals surface area contributed by atoms with Gasteiger partial charge >= 0.3 is 0 Å². The number of carbonyl (C=O) groups excluding carboxylic acids is 1. The molecule has 1 aromatic heterocycles. The van der Waals surface area contributed by atoms with Crippen LogP contribution in [0.1, 0.15) is 43.0 Å². The number of ether oxygens (including phenoxy) is 2. The number of aliphatic hydroxyl groups is 1. The van der Waals surface area contributed by atoms with Gasteiger partial charge in [0.25, 0.3) is 0 Å². The van der Waals surface area contributed by atoms with Gasteiger partial charge in [-0.1, -0.05) is 0 Å². The van der Waals surface area contributed by atoms with Crippen LogP contribution in [0.15, 0.2) is 18.2 Å². The Bertz CT molecular complexity index is 1020. The van der Waals surface area contributed by atoms with Crippen LogP contribution in [0, 0.1) is 11.8 Å². The van der Waals surface area contributed by atoms with E-state index in [0.717, 1.165) is 82.0 Å². The molecule has 4 heterocycles. The van der Waals surface area contributed by atoms with Crippen LogP contribution in [0.25, 0.3) is 10.9 Å². The predicted octanol–water partition coefficient (Wildman–Crippen LogP) is 2.44. The molecular weight excluding hydrogens is 406 g/mol. The molecule has 1 saturated carbocycles. The first-order valence-electron chi connectivity index (χ1n) is 12.0. The lowest BCUT2D eigenvalue weighted by atomic mass is 9.68. The summed E-state index contributed by atoms with van der Waals surface area (Å²) >= 11 is 0. The number of nitrogens with zero attached hydrogens (tertiary/aromatic N) is 2. The third-order valence-electron chi connectivity index (χ3n) is 8.08. The Kier molecular flexibility index (Phi) is 4.97. The number of H-pyrrole nitrogens is 1. The van der Waals surface area contributed by atoms with Crippen LogP contribution in [-0.4, -0.2) is 78.9 Å². The Labute approximate surface area is 188 Å². The van der Waals surface area contributed by atoms with Gasteiger partial charge in [0.15, 0.2) is 0 Å². The second kappa shape index (κ2) is 7.75. The minimum absolute atomic E-state index is 0.0509. The standard InChI is InChI=1S/C25H33N3O4/c1-31-18-4-5-19-20(10-18)26-23-21(12-29)27(11-16-6-8-32-9-7-16)13-25(22(19)23)14-28(15-25)24(30)17-2-3-17/h4-5,10,16-17,21,26,29H,2-3,6-9,11-15H2,1H3/t21-/m0/s1. The van der Waals surface area contributed by atoms with Gasteiger partial charge in [-0.3, -0.25) is 9.69 Å². The van der Waals surface area contributed by atoms with E-state index in [0.29, 0.717) is 11.8 Å².